The van der Waals surface area contributed by atoms with E-state index in [1.807, 2.05) is 66.7 Å². The molecule has 0 bridgehead atoms. The molecule has 126 valence electrons. The average Bonchev–Trinajstić information content (AvgIpc) is 2.69. The van der Waals surface area contributed by atoms with Crippen LogP contribution in [0.25, 0.3) is 22.3 Å². The van der Waals surface area contributed by atoms with Crippen LogP contribution in [0.3, 0.4) is 0 Å². The number of pyridine rings is 2. The second kappa shape index (κ2) is 7.06. The Bertz CT molecular complexity index is 1080. The molecule has 4 rings (SSSR count). The smallest absolute Gasteiger partial charge is 0.256 e. The van der Waals surface area contributed by atoms with Crippen LogP contribution in [0, 0.1) is 0 Å². The summed E-state index contributed by atoms with van der Waals surface area (Å²) in [5.74, 6) is -0.178. The monoisotopic (exact) mass is 403 g/mol. The third kappa shape index (κ3) is 3.34. The zero-order valence-corrected chi connectivity index (χ0v) is 15.3. The topological polar surface area (TPSA) is 54.9 Å². The van der Waals surface area contributed by atoms with Crippen LogP contribution in [0.1, 0.15) is 10.4 Å². The number of anilines is 1. The number of halogens is 1. The highest BCUT2D eigenvalue weighted by atomic mass is 79.9. The first-order valence-corrected chi connectivity index (χ1v) is 8.88. The van der Waals surface area contributed by atoms with E-state index >= 15 is 0 Å². The van der Waals surface area contributed by atoms with E-state index in [9.17, 15) is 4.79 Å². The maximum atomic E-state index is 12.9. The lowest BCUT2D eigenvalue weighted by Gasteiger charge is -2.10. The van der Waals surface area contributed by atoms with Crippen molar-refractivity contribution in [2.75, 3.05) is 5.32 Å². The largest absolute Gasteiger partial charge is 0.322 e. The van der Waals surface area contributed by atoms with Crippen molar-refractivity contribution in [1.82, 2.24) is 9.97 Å². The first-order chi connectivity index (χ1) is 12.7. The summed E-state index contributed by atoms with van der Waals surface area (Å²) in [6.45, 7) is 0. The number of hydrogen-bond donors (Lipinski definition) is 1. The van der Waals surface area contributed by atoms with Gasteiger partial charge in [0.05, 0.1) is 22.5 Å². The molecule has 0 saturated heterocycles. The second-order valence-corrected chi connectivity index (χ2v) is 6.66. The molecule has 2 aromatic carbocycles. The Morgan fingerprint density at radius 2 is 1.65 bits per heavy atom. The summed E-state index contributed by atoms with van der Waals surface area (Å²) in [6, 6.07) is 22.5. The van der Waals surface area contributed by atoms with E-state index in [-0.39, 0.29) is 5.91 Å². The molecular formula is C21H14BrN3O. The number of benzene rings is 2. The lowest BCUT2D eigenvalue weighted by molar-refractivity contribution is 0.102. The fourth-order valence-electron chi connectivity index (χ4n) is 2.74. The van der Waals surface area contributed by atoms with Gasteiger partial charge in [0.15, 0.2) is 0 Å². The average molecular weight is 404 g/mol. The van der Waals surface area contributed by atoms with Gasteiger partial charge in [-0.15, -0.1) is 0 Å². The van der Waals surface area contributed by atoms with Crippen LogP contribution in [0.5, 0.6) is 0 Å². The number of hydrogen-bond acceptors (Lipinski definition) is 3. The zero-order chi connectivity index (χ0) is 17.9. The van der Waals surface area contributed by atoms with Crippen molar-refractivity contribution in [3.8, 4) is 11.4 Å². The molecule has 0 saturated carbocycles. The lowest BCUT2D eigenvalue weighted by atomic mass is 10.1. The minimum atomic E-state index is -0.178. The van der Waals surface area contributed by atoms with Crippen molar-refractivity contribution in [2.24, 2.45) is 0 Å². The molecule has 0 radical (unpaired) electrons. The van der Waals surface area contributed by atoms with Gasteiger partial charge in [-0.3, -0.25) is 9.78 Å². The van der Waals surface area contributed by atoms with E-state index in [0.29, 0.717) is 11.3 Å². The van der Waals surface area contributed by atoms with Crippen molar-refractivity contribution < 1.29 is 4.79 Å². The van der Waals surface area contributed by atoms with Gasteiger partial charge in [-0.25, -0.2) is 4.98 Å². The molecule has 4 aromatic rings. The lowest BCUT2D eigenvalue weighted by Crippen LogP contribution is -2.13. The molecule has 1 amide bonds. The molecule has 4 nitrogen and oxygen atoms in total. The van der Waals surface area contributed by atoms with Crippen LogP contribution >= 0.6 is 15.9 Å². The van der Waals surface area contributed by atoms with Crippen LogP contribution in [0.2, 0.25) is 0 Å². The van der Waals surface area contributed by atoms with E-state index in [0.717, 1.165) is 26.8 Å². The van der Waals surface area contributed by atoms with Crippen LogP contribution in [0.15, 0.2) is 83.5 Å². The second-order valence-electron chi connectivity index (χ2n) is 5.75. The Hall–Kier alpha value is -3.05. The first-order valence-electron chi connectivity index (χ1n) is 8.09. The minimum Gasteiger partial charge on any atom is -0.322 e. The zero-order valence-electron chi connectivity index (χ0n) is 13.7. The first kappa shape index (κ1) is 16.4. The molecule has 5 heteroatoms. The summed E-state index contributed by atoms with van der Waals surface area (Å²) < 4.78 is 0.960. The summed E-state index contributed by atoms with van der Waals surface area (Å²) in [5.41, 5.74) is 3.47. The number of para-hydroxylation sites is 1. The Labute approximate surface area is 159 Å². The molecule has 0 aliphatic rings. The van der Waals surface area contributed by atoms with Gasteiger partial charge >= 0.3 is 0 Å². The SMILES string of the molecule is O=C(Nc1ccc(Br)cc1)c1cc(-c2ccccn2)nc2ccccc12. The summed E-state index contributed by atoms with van der Waals surface area (Å²) in [6.07, 6.45) is 1.72. The van der Waals surface area contributed by atoms with Gasteiger partial charge in [0, 0.05) is 21.7 Å². The number of fused-ring (bicyclic) bond motifs is 1. The normalized spacial score (nSPS) is 10.7. The fourth-order valence-corrected chi connectivity index (χ4v) is 3.00. The minimum absolute atomic E-state index is 0.178. The van der Waals surface area contributed by atoms with Gasteiger partial charge in [0.25, 0.3) is 5.91 Å². The van der Waals surface area contributed by atoms with Crippen LogP contribution < -0.4 is 5.32 Å². The third-order valence-electron chi connectivity index (χ3n) is 3.99. The van der Waals surface area contributed by atoms with E-state index < -0.39 is 0 Å². The number of aromatic nitrogens is 2. The summed E-state index contributed by atoms with van der Waals surface area (Å²) in [4.78, 5) is 21.9. The molecule has 0 fully saturated rings. The predicted molar refractivity (Wildman–Crippen MR) is 107 cm³/mol. The molecule has 2 aromatic heterocycles. The molecule has 26 heavy (non-hydrogen) atoms. The standard InChI is InChI=1S/C21H14BrN3O/c22-14-8-10-15(11-9-14)24-21(26)17-13-20(19-7-3-4-12-23-19)25-18-6-2-1-5-16(17)18/h1-13H,(H,24,26). The van der Waals surface area contributed by atoms with Crippen LogP contribution in [-0.2, 0) is 0 Å². The van der Waals surface area contributed by atoms with E-state index in [4.69, 9.17) is 0 Å². The van der Waals surface area contributed by atoms with Gasteiger partial charge in [-0.2, -0.15) is 0 Å². The molecular weight excluding hydrogens is 390 g/mol. The highest BCUT2D eigenvalue weighted by Crippen LogP contribution is 2.25. The predicted octanol–water partition coefficient (Wildman–Crippen LogP) is 5.31. The number of rotatable bonds is 3. The number of carbonyl (C=O) groups excluding carboxylic acids is 1. The molecule has 1 N–H and O–H groups in total. The number of carbonyl (C=O) groups is 1. The highest BCUT2D eigenvalue weighted by molar-refractivity contribution is 9.10. The van der Waals surface area contributed by atoms with Crippen molar-refractivity contribution in [1.29, 1.82) is 0 Å². The molecule has 0 aliphatic carbocycles. The molecule has 2 heterocycles. The third-order valence-corrected chi connectivity index (χ3v) is 4.52. The highest BCUT2D eigenvalue weighted by Gasteiger charge is 2.14. The quantitative estimate of drug-likeness (QED) is 0.504. The Morgan fingerprint density at radius 1 is 0.885 bits per heavy atom. The van der Waals surface area contributed by atoms with Crippen molar-refractivity contribution in [3.63, 3.8) is 0 Å². The van der Waals surface area contributed by atoms with Crippen LogP contribution in [0.4, 0.5) is 5.69 Å². The molecule has 0 spiro atoms. The number of amides is 1. The van der Waals surface area contributed by atoms with Crippen molar-refractivity contribution in [3.05, 3.63) is 89.0 Å². The molecule has 0 aliphatic heterocycles. The maximum absolute atomic E-state index is 12.9. The van der Waals surface area contributed by atoms with Gasteiger partial charge in [0.1, 0.15) is 0 Å². The Kier molecular flexibility index (Phi) is 4.46. The van der Waals surface area contributed by atoms with Gasteiger partial charge in [0.2, 0.25) is 0 Å². The van der Waals surface area contributed by atoms with E-state index in [1.54, 1.807) is 12.3 Å². The van der Waals surface area contributed by atoms with Gasteiger partial charge in [-0.05, 0) is 48.5 Å². The Balaban J connectivity index is 1.79. The fraction of sp³-hybridized carbons (Fsp3) is 0. The number of nitrogens with zero attached hydrogens (tertiary/aromatic N) is 2. The van der Waals surface area contributed by atoms with E-state index in [1.165, 1.54) is 0 Å². The van der Waals surface area contributed by atoms with Crippen LogP contribution in [-0.4, -0.2) is 15.9 Å². The number of nitrogens with one attached hydrogen (secondary N) is 1. The van der Waals surface area contributed by atoms with Crippen molar-refractivity contribution in [2.45, 2.75) is 0 Å². The van der Waals surface area contributed by atoms with Crippen molar-refractivity contribution >= 4 is 38.4 Å². The van der Waals surface area contributed by atoms with Gasteiger partial charge in [-0.1, -0.05) is 40.2 Å². The summed E-state index contributed by atoms with van der Waals surface area (Å²) in [7, 11) is 0. The maximum Gasteiger partial charge on any atom is 0.256 e. The van der Waals surface area contributed by atoms with Gasteiger partial charge < -0.3 is 5.32 Å². The Morgan fingerprint density at radius 3 is 2.42 bits per heavy atom. The molecule has 0 unspecified atom stereocenters. The summed E-state index contributed by atoms with van der Waals surface area (Å²) in [5, 5.41) is 3.76. The summed E-state index contributed by atoms with van der Waals surface area (Å²) >= 11 is 3.40. The van der Waals surface area contributed by atoms with E-state index in [2.05, 4.69) is 31.2 Å². The molecule has 0 atom stereocenters.